The Bertz CT molecular complexity index is 341. The van der Waals surface area contributed by atoms with Gasteiger partial charge in [-0.15, -0.1) is 12.4 Å². The van der Waals surface area contributed by atoms with Crippen molar-refractivity contribution >= 4 is 24.3 Å². The second-order valence-corrected chi connectivity index (χ2v) is 2.70. The molecule has 5 heteroatoms. The van der Waals surface area contributed by atoms with Gasteiger partial charge in [0.05, 0.1) is 11.1 Å². The van der Waals surface area contributed by atoms with Crippen molar-refractivity contribution in [2.24, 2.45) is 0 Å². The lowest BCUT2D eigenvalue weighted by molar-refractivity contribution is 0.0696. The van der Waals surface area contributed by atoms with Crippen LogP contribution in [0.15, 0.2) is 18.2 Å². The average molecular weight is 217 g/mol. The minimum Gasteiger partial charge on any atom is -0.478 e. The maximum Gasteiger partial charge on any atom is 0.335 e. The highest BCUT2D eigenvalue weighted by atomic mass is 35.5. The van der Waals surface area contributed by atoms with Crippen LogP contribution in [0.25, 0.3) is 0 Å². The van der Waals surface area contributed by atoms with Crippen molar-refractivity contribution < 1.29 is 19.8 Å². The minimum atomic E-state index is -1.12. The van der Waals surface area contributed by atoms with Crippen molar-refractivity contribution in [2.75, 3.05) is 0 Å². The number of hydrogen-bond acceptors (Lipinski definition) is 2. The van der Waals surface area contributed by atoms with E-state index in [0.29, 0.717) is 5.56 Å². The van der Waals surface area contributed by atoms with Gasteiger partial charge in [-0.3, -0.25) is 0 Å². The highest BCUT2D eigenvalue weighted by Gasteiger charge is 2.09. The molecule has 0 aliphatic rings. The van der Waals surface area contributed by atoms with Crippen LogP contribution in [0.4, 0.5) is 0 Å². The van der Waals surface area contributed by atoms with Gasteiger partial charge in [0.15, 0.2) is 0 Å². The third kappa shape index (κ3) is 2.74. The van der Waals surface area contributed by atoms with Crippen LogP contribution in [0.1, 0.15) is 26.3 Å². The smallest absolute Gasteiger partial charge is 0.335 e. The van der Waals surface area contributed by atoms with Crippen molar-refractivity contribution in [1.82, 2.24) is 0 Å². The molecule has 0 aliphatic carbocycles. The second-order valence-electron chi connectivity index (χ2n) is 2.70. The molecular weight excluding hydrogens is 208 g/mol. The molecule has 0 radical (unpaired) electrons. The monoisotopic (exact) mass is 216 g/mol. The Morgan fingerprint density at radius 3 is 1.64 bits per heavy atom. The number of hydrogen-bond donors (Lipinski definition) is 2. The topological polar surface area (TPSA) is 74.6 Å². The number of benzene rings is 1. The average Bonchev–Trinajstić information content (AvgIpc) is 2.03. The zero-order valence-corrected chi connectivity index (χ0v) is 8.17. The predicted octanol–water partition coefficient (Wildman–Crippen LogP) is 1.81. The van der Waals surface area contributed by atoms with Crippen LogP contribution in [0.2, 0.25) is 0 Å². The Kier molecular flexibility index (Phi) is 4.11. The largest absolute Gasteiger partial charge is 0.478 e. The maximum atomic E-state index is 10.5. The third-order valence-corrected chi connectivity index (χ3v) is 1.57. The lowest BCUT2D eigenvalue weighted by Crippen LogP contribution is -2.02. The van der Waals surface area contributed by atoms with E-state index in [1.807, 2.05) is 0 Å². The Morgan fingerprint density at radius 1 is 1.00 bits per heavy atom. The molecule has 0 atom stereocenters. The third-order valence-electron chi connectivity index (χ3n) is 1.57. The molecule has 1 aromatic carbocycles. The summed E-state index contributed by atoms with van der Waals surface area (Å²) in [5, 5.41) is 17.2. The molecule has 0 aromatic heterocycles. The van der Waals surface area contributed by atoms with E-state index in [4.69, 9.17) is 10.2 Å². The molecule has 0 fully saturated rings. The van der Waals surface area contributed by atoms with Gasteiger partial charge in [0.1, 0.15) is 0 Å². The normalized spacial score (nSPS) is 8.93. The summed E-state index contributed by atoms with van der Waals surface area (Å²) in [6.07, 6.45) is 0. The quantitative estimate of drug-likeness (QED) is 0.791. The van der Waals surface area contributed by atoms with E-state index in [1.165, 1.54) is 12.1 Å². The number of carbonyl (C=O) groups is 2. The molecule has 0 bridgehead atoms. The number of carboxylic acids is 2. The van der Waals surface area contributed by atoms with Crippen LogP contribution in [0.5, 0.6) is 0 Å². The van der Waals surface area contributed by atoms with Crippen molar-refractivity contribution in [3.63, 3.8) is 0 Å². The molecule has 2 N–H and O–H groups in total. The molecule has 1 aromatic rings. The highest BCUT2D eigenvalue weighted by Crippen LogP contribution is 2.09. The Balaban J connectivity index is 0.00000169. The van der Waals surface area contributed by atoms with E-state index in [2.05, 4.69) is 0 Å². The number of carboxylic acid groups (broad SMARTS) is 2. The van der Waals surface area contributed by atoms with Crippen molar-refractivity contribution in [1.29, 1.82) is 0 Å². The van der Waals surface area contributed by atoms with Crippen molar-refractivity contribution in [3.05, 3.63) is 34.9 Å². The van der Waals surface area contributed by atoms with Gasteiger partial charge in [0.2, 0.25) is 0 Å². The van der Waals surface area contributed by atoms with Crippen LogP contribution in [-0.4, -0.2) is 22.2 Å². The van der Waals surface area contributed by atoms with E-state index in [1.54, 1.807) is 6.92 Å². The first kappa shape index (κ1) is 12.5. The molecule has 4 nitrogen and oxygen atoms in total. The van der Waals surface area contributed by atoms with Crippen LogP contribution in [-0.2, 0) is 0 Å². The number of aryl methyl sites for hydroxylation is 1. The Labute approximate surface area is 86.6 Å². The van der Waals surface area contributed by atoms with Crippen molar-refractivity contribution in [3.8, 4) is 0 Å². The first-order valence-corrected chi connectivity index (χ1v) is 3.59. The summed E-state index contributed by atoms with van der Waals surface area (Å²) in [5.74, 6) is -2.24. The molecule has 76 valence electrons. The number of halogens is 1. The van der Waals surface area contributed by atoms with Crippen molar-refractivity contribution in [2.45, 2.75) is 6.92 Å². The first-order valence-electron chi connectivity index (χ1n) is 3.59. The van der Waals surface area contributed by atoms with Gasteiger partial charge >= 0.3 is 11.9 Å². The van der Waals surface area contributed by atoms with E-state index in [9.17, 15) is 9.59 Å². The molecule has 1 rings (SSSR count). The molecule has 0 saturated carbocycles. The minimum absolute atomic E-state index is 0. The van der Waals surface area contributed by atoms with Gasteiger partial charge in [-0.1, -0.05) is 0 Å². The summed E-state index contributed by atoms with van der Waals surface area (Å²) >= 11 is 0. The van der Waals surface area contributed by atoms with Crippen LogP contribution >= 0.6 is 12.4 Å². The molecule has 0 spiro atoms. The van der Waals surface area contributed by atoms with Gasteiger partial charge in [-0.25, -0.2) is 9.59 Å². The van der Waals surface area contributed by atoms with E-state index < -0.39 is 11.9 Å². The summed E-state index contributed by atoms with van der Waals surface area (Å²) in [4.78, 5) is 21.1. The SMILES string of the molecule is Cc1cc(C(=O)O)cc(C(=O)O)c1.Cl. The first-order chi connectivity index (χ1) is 6.00. The molecule has 14 heavy (non-hydrogen) atoms. The standard InChI is InChI=1S/C9H8O4.ClH/c1-5-2-6(8(10)11)4-7(3-5)9(12)13;/h2-4H,1H3,(H,10,11)(H,12,13);1H. The second kappa shape index (κ2) is 4.62. The number of aromatic carboxylic acids is 2. The zero-order chi connectivity index (χ0) is 10.0. The molecule has 0 saturated heterocycles. The van der Waals surface area contributed by atoms with Crippen LogP contribution in [0, 0.1) is 6.92 Å². The summed E-state index contributed by atoms with van der Waals surface area (Å²) in [6, 6.07) is 3.99. The molecule has 0 amide bonds. The van der Waals surface area contributed by atoms with E-state index in [-0.39, 0.29) is 23.5 Å². The summed E-state index contributed by atoms with van der Waals surface area (Å²) in [7, 11) is 0. The van der Waals surface area contributed by atoms with E-state index >= 15 is 0 Å². The lowest BCUT2D eigenvalue weighted by Gasteiger charge is -1.99. The molecule has 0 unspecified atom stereocenters. The fourth-order valence-corrected chi connectivity index (χ4v) is 1.03. The summed E-state index contributed by atoms with van der Waals surface area (Å²) in [5.41, 5.74) is 0.618. The van der Waals surface area contributed by atoms with Crippen LogP contribution < -0.4 is 0 Å². The van der Waals surface area contributed by atoms with Gasteiger partial charge in [0.25, 0.3) is 0 Å². The van der Waals surface area contributed by atoms with Gasteiger partial charge < -0.3 is 10.2 Å². The highest BCUT2D eigenvalue weighted by molar-refractivity contribution is 5.94. The van der Waals surface area contributed by atoms with Crippen LogP contribution in [0.3, 0.4) is 0 Å². The van der Waals surface area contributed by atoms with Gasteiger partial charge in [0, 0.05) is 0 Å². The Morgan fingerprint density at radius 2 is 1.36 bits per heavy atom. The summed E-state index contributed by atoms with van der Waals surface area (Å²) < 4.78 is 0. The van der Waals surface area contributed by atoms with Gasteiger partial charge in [-0.05, 0) is 30.7 Å². The zero-order valence-electron chi connectivity index (χ0n) is 7.35. The van der Waals surface area contributed by atoms with E-state index in [0.717, 1.165) is 6.07 Å². The fraction of sp³-hybridized carbons (Fsp3) is 0.111. The maximum absolute atomic E-state index is 10.5. The lowest BCUT2D eigenvalue weighted by atomic mass is 10.1. The fourth-order valence-electron chi connectivity index (χ4n) is 1.03. The molecule has 0 aliphatic heterocycles. The number of rotatable bonds is 2. The predicted molar refractivity (Wildman–Crippen MR) is 52.3 cm³/mol. The molecule has 0 heterocycles. The van der Waals surface area contributed by atoms with Gasteiger partial charge in [-0.2, -0.15) is 0 Å². The summed E-state index contributed by atoms with van der Waals surface area (Å²) in [6.45, 7) is 1.65. The molecular formula is C9H9ClO4. The Hall–Kier alpha value is -1.55.